The van der Waals surface area contributed by atoms with E-state index < -0.39 is 6.04 Å². The molecular weight excluding hydrogens is 283 g/mol. The molecule has 0 aliphatic rings. The van der Waals surface area contributed by atoms with Crippen LogP contribution in [0.25, 0.3) is 0 Å². The first kappa shape index (κ1) is 16.2. The largest absolute Gasteiger partial charge is 0.344 e. The number of aromatic amines is 1. The van der Waals surface area contributed by atoms with Crippen molar-refractivity contribution < 1.29 is 9.18 Å². The van der Waals surface area contributed by atoms with Gasteiger partial charge < -0.3 is 4.90 Å². The molecule has 0 aliphatic heterocycles. The number of hydrogen-bond donors (Lipinski definition) is 1. The van der Waals surface area contributed by atoms with E-state index >= 15 is 0 Å². The molecule has 5 nitrogen and oxygen atoms in total. The second kappa shape index (κ2) is 7.17. The van der Waals surface area contributed by atoms with Crippen LogP contribution in [0, 0.1) is 5.82 Å². The van der Waals surface area contributed by atoms with Crippen molar-refractivity contribution in [3.63, 3.8) is 0 Å². The van der Waals surface area contributed by atoms with Gasteiger partial charge in [0.25, 0.3) is 0 Å². The summed E-state index contributed by atoms with van der Waals surface area (Å²) >= 11 is 0. The van der Waals surface area contributed by atoms with Crippen LogP contribution in [0.15, 0.2) is 36.7 Å². The first-order valence-electron chi connectivity index (χ1n) is 7.13. The number of benzene rings is 1. The Hall–Kier alpha value is -2.21. The molecule has 0 radical (unpaired) electrons. The third-order valence-electron chi connectivity index (χ3n) is 3.60. The average molecular weight is 304 g/mol. The minimum Gasteiger partial charge on any atom is -0.344 e. The van der Waals surface area contributed by atoms with Crippen molar-refractivity contribution in [1.82, 2.24) is 20.0 Å². The molecule has 1 aromatic heterocycles. The number of carbonyl (C=O) groups excluding carboxylic acids is 1. The average Bonchev–Trinajstić information content (AvgIpc) is 3.00. The van der Waals surface area contributed by atoms with Gasteiger partial charge in [0, 0.05) is 19.8 Å². The second-order valence-corrected chi connectivity index (χ2v) is 5.53. The van der Waals surface area contributed by atoms with E-state index in [4.69, 9.17) is 0 Å². The van der Waals surface area contributed by atoms with Crippen molar-refractivity contribution in [2.45, 2.75) is 12.5 Å². The van der Waals surface area contributed by atoms with E-state index in [0.717, 1.165) is 17.5 Å². The molecule has 1 aromatic carbocycles. The van der Waals surface area contributed by atoms with Gasteiger partial charge in [-0.15, -0.1) is 0 Å². The summed E-state index contributed by atoms with van der Waals surface area (Å²) in [5.41, 5.74) is 1.84. The van der Waals surface area contributed by atoms with Gasteiger partial charge in [0.1, 0.15) is 11.9 Å². The number of H-pyrrole nitrogens is 1. The lowest BCUT2D eigenvalue weighted by Gasteiger charge is -2.28. The maximum absolute atomic E-state index is 13.1. The van der Waals surface area contributed by atoms with Crippen LogP contribution in [-0.2, 0) is 11.2 Å². The summed E-state index contributed by atoms with van der Waals surface area (Å²) in [6, 6.07) is 5.65. The third kappa shape index (κ3) is 3.92. The molecule has 0 bridgehead atoms. The van der Waals surface area contributed by atoms with E-state index in [-0.39, 0.29) is 11.7 Å². The van der Waals surface area contributed by atoms with Gasteiger partial charge in [-0.2, -0.15) is 5.10 Å². The number of halogens is 1. The maximum Gasteiger partial charge on any atom is 0.244 e. The Kier molecular flexibility index (Phi) is 5.27. The topological polar surface area (TPSA) is 52.2 Å². The molecule has 2 aromatic rings. The van der Waals surface area contributed by atoms with Crippen molar-refractivity contribution in [1.29, 1.82) is 0 Å². The first-order valence-corrected chi connectivity index (χ1v) is 7.13. The number of rotatable bonds is 6. The number of amides is 1. The zero-order valence-electron chi connectivity index (χ0n) is 13.1. The maximum atomic E-state index is 13.1. The summed E-state index contributed by atoms with van der Waals surface area (Å²) in [4.78, 5) is 16.2. The Morgan fingerprint density at radius 1 is 1.27 bits per heavy atom. The molecule has 0 aliphatic carbocycles. The van der Waals surface area contributed by atoms with Crippen molar-refractivity contribution in [3.8, 4) is 0 Å². The predicted octanol–water partition coefficient (Wildman–Crippen LogP) is 1.85. The van der Waals surface area contributed by atoms with Gasteiger partial charge in [-0.3, -0.25) is 14.8 Å². The minimum atomic E-state index is -0.421. The monoisotopic (exact) mass is 304 g/mol. The van der Waals surface area contributed by atoms with Gasteiger partial charge in [0.05, 0.1) is 6.20 Å². The first-order chi connectivity index (χ1) is 10.5. The Morgan fingerprint density at radius 2 is 1.95 bits per heavy atom. The minimum absolute atomic E-state index is 0.0138. The van der Waals surface area contributed by atoms with E-state index in [1.807, 2.05) is 25.2 Å². The summed E-state index contributed by atoms with van der Waals surface area (Å²) in [6.07, 6.45) is 4.31. The van der Waals surface area contributed by atoms with Crippen molar-refractivity contribution in [2.24, 2.45) is 0 Å². The normalized spacial score (nSPS) is 12.4. The fourth-order valence-corrected chi connectivity index (χ4v) is 2.34. The number of likely N-dealkylation sites (N-methyl/N-ethyl adjacent to an activating group) is 2. The predicted molar refractivity (Wildman–Crippen MR) is 82.8 cm³/mol. The molecule has 22 heavy (non-hydrogen) atoms. The van der Waals surface area contributed by atoms with Gasteiger partial charge in [-0.05, 0) is 43.8 Å². The zero-order valence-corrected chi connectivity index (χ0v) is 13.1. The van der Waals surface area contributed by atoms with Crippen LogP contribution in [0.1, 0.15) is 17.2 Å². The molecular formula is C16H21FN4O. The highest BCUT2D eigenvalue weighted by Gasteiger charge is 2.25. The molecule has 118 valence electrons. The molecule has 6 heteroatoms. The summed E-state index contributed by atoms with van der Waals surface area (Å²) in [5.74, 6) is -0.317. The number of carbonyl (C=O) groups is 1. The van der Waals surface area contributed by atoms with E-state index in [1.54, 1.807) is 30.3 Å². The SMILES string of the molecule is CN(CCc1cn[nH]c1)C(=O)[C@H](c1ccc(F)cc1)N(C)C. The van der Waals surface area contributed by atoms with Gasteiger partial charge >= 0.3 is 0 Å². The van der Waals surface area contributed by atoms with Crippen molar-refractivity contribution in [3.05, 3.63) is 53.6 Å². The number of nitrogens with zero attached hydrogens (tertiary/aromatic N) is 3. The van der Waals surface area contributed by atoms with Crippen molar-refractivity contribution >= 4 is 5.91 Å². The zero-order chi connectivity index (χ0) is 16.1. The Bertz CT molecular complexity index is 595. The highest BCUT2D eigenvalue weighted by Crippen LogP contribution is 2.21. The molecule has 0 unspecified atom stereocenters. The lowest BCUT2D eigenvalue weighted by atomic mass is 10.0. The van der Waals surface area contributed by atoms with Crippen LogP contribution in [0.3, 0.4) is 0 Å². The van der Waals surface area contributed by atoms with Crippen LogP contribution in [0.5, 0.6) is 0 Å². The van der Waals surface area contributed by atoms with Crippen LogP contribution >= 0.6 is 0 Å². The van der Waals surface area contributed by atoms with E-state index in [9.17, 15) is 9.18 Å². The summed E-state index contributed by atoms with van der Waals surface area (Å²) < 4.78 is 13.1. The fourth-order valence-electron chi connectivity index (χ4n) is 2.34. The Morgan fingerprint density at radius 3 is 2.50 bits per heavy atom. The van der Waals surface area contributed by atoms with Crippen LogP contribution in [0.2, 0.25) is 0 Å². The van der Waals surface area contributed by atoms with Crippen LogP contribution in [0.4, 0.5) is 4.39 Å². The molecule has 0 saturated heterocycles. The van der Waals surface area contributed by atoms with Gasteiger partial charge in [0.15, 0.2) is 0 Å². The number of nitrogens with one attached hydrogen (secondary N) is 1. The Labute approximate surface area is 129 Å². The molecule has 1 amide bonds. The molecule has 0 fully saturated rings. The second-order valence-electron chi connectivity index (χ2n) is 5.53. The highest BCUT2D eigenvalue weighted by molar-refractivity contribution is 5.83. The van der Waals surface area contributed by atoms with E-state index in [1.165, 1.54) is 12.1 Å². The highest BCUT2D eigenvalue weighted by atomic mass is 19.1. The number of aromatic nitrogens is 2. The Balaban J connectivity index is 2.07. The summed E-state index contributed by atoms with van der Waals surface area (Å²) in [5, 5.41) is 6.65. The quantitative estimate of drug-likeness (QED) is 0.886. The molecule has 0 saturated carbocycles. The molecule has 0 spiro atoms. The lowest BCUT2D eigenvalue weighted by molar-refractivity contribution is -0.135. The van der Waals surface area contributed by atoms with Gasteiger partial charge in [0.2, 0.25) is 5.91 Å². The van der Waals surface area contributed by atoms with Gasteiger partial charge in [-0.1, -0.05) is 12.1 Å². The van der Waals surface area contributed by atoms with Crippen molar-refractivity contribution in [2.75, 3.05) is 27.7 Å². The smallest absolute Gasteiger partial charge is 0.244 e. The van der Waals surface area contributed by atoms with Crippen LogP contribution < -0.4 is 0 Å². The summed E-state index contributed by atoms with van der Waals surface area (Å²) in [6.45, 7) is 0.601. The summed E-state index contributed by atoms with van der Waals surface area (Å²) in [7, 11) is 5.47. The van der Waals surface area contributed by atoms with Gasteiger partial charge in [-0.25, -0.2) is 4.39 Å². The van der Waals surface area contributed by atoms with Crippen LogP contribution in [-0.4, -0.2) is 53.6 Å². The lowest BCUT2D eigenvalue weighted by Crippen LogP contribution is -2.39. The molecule has 1 atom stereocenters. The fraction of sp³-hybridized carbons (Fsp3) is 0.375. The van der Waals surface area contributed by atoms with E-state index in [0.29, 0.717) is 6.54 Å². The van der Waals surface area contributed by atoms with E-state index in [2.05, 4.69) is 10.2 Å². The number of hydrogen-bond acceptors (Lipinski definition) is 3. The molecule has 1 heterocycles. The standard InChI is InChI=1S/C16H21FN4O/c1-20(2)15(13-4-6-14(17)7-5-13)16(22)21(3)9-8-12-10-18-19-11-12/h4-7,10-11,15H,8-9H2,1-3H3,(H,18,19)/t15-/m0/s1. The molecule has 2 rings (SSSR count). The third-order valence-corrected chi connectivity index (χ3v) is 3.60. The molecule has 1 N–H and O–H groups in total.